The van der Waals surface area contributed by atoms with Crippen LogP contribution in [0.3, 0.4) is 0 Å². The van der Waals surface area contributed by atoms with Crippen LogP contribution in [-0.2, 0) is 4.79 Å². The van der Waals surface area contributed by atoms with Crippen LogP contribution < -0.4 is 9.74 Å². The van der Waals surface area contributed by atoms with E-state index in [-0.39, 0.29) is 46.1 Å². The molecule has 0 bridgehead atoms. The maximum Gasteiger partial charge on any atom is 0.245 e. The van der Waals surface area contributed by atoms with Crippen LogP contribution in [-0.4, -0.2) is 24.7 Å². The molecule has 9 heteroatoms. The summed E-state index contributed by atoms with van der Waals surface area (Å²) in [6, 6.07) is 3.99. The zero-order valence-electron chi connectivity index (χ0n) is 14.7. The number of amides is 1. The number of alkyl halides is 1. The van der Waals surface area contributed by atoms with Crippen molar-refractivity contribution in [2.45, 2.75) is 32.5 Å². The number of anilines is 1. The number of furan rings is 1. The molecule has 0 radical (unpaired) electrons. The summed E-state index contributed by atoms with van der Waals surface area (Å²) < 4.78 is 25.7. The number of hydrogen-bond acceptors (Lipinski definition) is 4. The van der Waals surface area contributed by atoms with Crippen LogP contribution in [0.25, 0.3) is 11.3 Å². The van der Waals surface area contributed by atoms with Gasteiger partial charge in [-0.05, 0) is 44.3 Å². The average molecular weight is 465 g/mol. The van der Waals surface area contributed by atoms with Crippen molar-refractivity contribution in [3.63, 3.8) is 0 Å². The second-order valence-corrected chi connectivity index (χ2v) is 12.3. The minimum Gasteiger partial charge on any atom is -0.538 e. The maximum absolute atomic E-state index is 14.2. The highest BCUT2D eigenvalue weighted by atomic mass is 79.9. The molecule has 0 atom stereocenters. The van der Waals surface area contributed by atoms with Gasteiger partial charge in [0.05, 0.1) is 5.56 Å². The number of aromatic hydroxyl groups is 1. The first-order chi connectivity index (χ1) is 12.1. The third kappa shape index (κ3) is 5.25. The molecular weight excluding hydrogens is 445 g/mol. The first-order valence-electron chi connectivity index (χ1n) is 7.98. The van der Waals surface area contributed by atoms with Gasteiger partial charge in [0.2, 0.25) is 31.6 Å². The van der Waals surface area contributed by atoms with Gasteiger partial charge in [-0.15, -0.1) is 0 Å². The minimum absolute atomic E-state index is 0.0145. The second kappa shape index (κ2) is 8.45. The Bertz CT molecular complexity index is 807. The molecular formula is C17H20BrClFNO4Si. The fraction of sp³-hybridized carbons (Fsp3) is 0.353. The SMILES string of the molecule is C[Si](C)(C)Oc1c(NC(=O)CCCBr)oc(-c2ccc(Cl)cc2F)c1O. The van der Waals surface area contributed by atoms with E-state index in [0.717, 1.165) is 6.07 Å². The fourth-order valence-electron chi connectivity index (χ4n) is 2.16. The average Bonchev–Trinajstić information content (AvgIpc) is 2.80. The van der Waals surface area contributed by atoms with Crippen molar-refractivity contribution in [2.75, 3.05) is 10.6 Å². The second-order valence-electron chi connectivity index (χ2n) is 6.62. The van der Waals surface area contributed by atoms with Crippen molar-refractivity contribution in [3.05, 3.63) is 29.0 Å². The summed E-state index contributed by atoms with van der Waals surface area (Å²) in [4.78, 5) is 12.0. The molecule has 26 heavy (non-hydrogen) atoms. The Kier molecular flexibility index (Phi) is 6.76. The molecule has 1 heterocycles. The van der Waals surface area contributed by atoms with Gasteiger partial charge >= 0.3 is 0 Å². The standard InChI is InChI=1S/C17H20BrClFNO4Si/c1-26(2,3)25-16-14(23)15(11-7-6-10(19)9-12(11)20)24-17(16)21-13(22)5-4-8-18/h6-7,9,23H,4-5,8H2,1-3H3,(H,21,22). The molecule has 1 amide bonds. The highest BCUT2D eigenvalue weighted by Gasteiger charge is 2.29. The lowest BCUT2D eigenvalue weighted by Crippen LogP contribution is -2.29. The van der Waals surface area contributed by atoms with Gasteiger partial charge in [0.15, 0.2) is 5.76 Å². The lowest BCUT2D eigenvalue weighted by Gasteiger charge is -2.18. The minimum atomic E-state index is -2.14. The summed E-state index contributed by atoms with van der Waals surface area (Å²) in [5.41, 5.74) is 0.0216. The van der Waals surface area contributed by atoms with Crippen LogP contribution in [0.15, 0.2) is 22.6 Å². The smallest absolute Gasteiger partial charge is 0.245 e. The van der Waals surface area contributed by atoms with Crippen molar-refractivity contribution < 1.29 is 23.1 Å². The number of hydrogen-bond donors (Lipinski definition) is 2. The summed E-state index contributed by atoms with van der Waals surface area (Å²) in [5, 5.41) is 14.1. The molecule has 5 nitrogen and oxygen atoms in total. The number of nitrogens with one attached hydrogen (secondary N) is 1. The molecule has 1 aromatic carbocycles. The molecule has 2 rings (SSSR count). The third-order valence-corrected chi connectivity index (χ3v) is 4.83. The van der Waals surface area contributed by atoms with E-state index in [1.807, 2.05) is 19.6 Å². The lowest BCUT2D eigenvalue weighted by molar-refractivity contribution is -0.116. The molecule has 0 aliphatic carbocycles. The van der Waals surface area contributed by atoms with Gasteiger partial charge in [0.1, 0.15) is 5.82 Å². The summed E-state index contributed by atoms with van der Waals surface area (Å²) >= 11 is 9.03. The van der Waals surface area contributed by atoms with Crippen molar-refractivity contribution >= 4 is 47.6 Å². The van der Waals surface area contributed by atoms with E-state index in [2.05, 4.69) is 21.2 Å². The van der Waals surface area contributed by atoms with Crippen LogP contribution >= 0.6 is 27.5 Å². The predicted molar refractivity (Wildman–Crippen MR) is 106 cm³/mol. The largest absolute Gasteiger partial charge is 0.538 e. The van der Waals surface area contributed by atoms with E-state index >= 15 is 0 Å². The fourth-order valence-corrected chi connectivity index (χ4v) is 3.40. The Morgan fingerprint density at radius 3 is 2.69 bits per heavy atom. The van der Waals surface area contributed by atoms with Crippen LogP contribution in [0.2, 0.25) is 24.7 Å². The molecule has 0 fully saturated rings. The summed E-state index contributed by atoms with van der Waals surface area (Å²) in [6.45, 7) is 5.75. The maximum atomic E-state index is 14.2. The van der Waals surface area contributed by atoms with Gasteiger partial charge in [-0.2, -0.15) is 0 Å². The van der Waals surface area contributed by atoms with E-state index in [1.54, 1.807) is 0 Å². The van der Waals surface area contributed by atoms with Crippen LogP contribution in [0.4, 0.5) is 10.3 Å². The summed E-state index contributed by atoms with van der Waals surface area (Å²) in [5.74, 6) is -1.44. The van der Waals surface area contributed by atoms with Gasteiger partial charge in [0.25, 0.3) is 0 Å². The molecule has 0 saturated carbocycles. The third-order valence-electron chi connectivity index (χ3n) is 3.21. The molecule has 0 unspecified atom stereocenters. The van der Waals surface area contributed by atoms with Gasteiger partial charge in [-0.25, -0.2) is 4.39 Å². The Morgan fingerprint density at radius 1 is 1.42 bits per heavy atom. The molecule has 1 aromatic heterocycles. The molecule has 0 aliphatic heterocycles. The van der Waals surface area contributed by atoms with Crippen LogP contribution in [0, 0.1) is 5.82 Å². The molecule has 2 N–H and O–H groups in total. The predicted octanol–water partition coefficient (Wildman–Crippen LogP) is 5.77. The van der Waals surface area contributed by atoms with Crippen molar-refractivity contribution in [2.24, 2.45) is 0 Å². The van der Waals surface area contributed by atoms with Gasteiger partial charge in [0, 0.05) is 16.8 Å². The Labute approximate surface area is 165 Å². The zero-order valence-corrected chi connectivity index (χ0v) is 18.0. The molecule has 0 aliphatic rings. The number of carbonyl (C=O) groups is 1. The Hall–Kier alpha value is -1.51. The summed E-state index contributed by atoms with van der Waals surface area (Å²) in [7, 11) is -2.14. The van der Waals surface area contributed by atoms with Gasteiger partial charge in [-0.3, -0.25) is 10.1 Å². The molecule has 142 valence electrons. The van der Waals surface area contributed by atoms with E-state index in [9.17, 15) is 14.3 Å². The monoisotopic (exact) mass is 463 g/mol. The van der Waals surface area contributed by atoms with Crippen LogP contribution in [0.5, 0.6) is 11.5 Å². The number of halogens is 3. The van der Waals surface area contributed by atoms with Crippen molar-refractivity contribution in [1.82, 2.24) is 0 Å². The molecule has 2 aromatic rings. The Balaban J connectivity index is 2.47. The molecule has 0 saturated heterocycles. The van der Waals surface area contributed by atoms with Crippen molar-refractivity contribution in [3.8, 4) is 22.8 Å². The lowest BCUT2D eigenvalue weighted by atomic mass is 10.1. The topological polar surface area (TPSA) is 71.7 Å². The molecule has 0 spiro atoms. The highest BCUT2D eigenvalue weighted by Crippen LogP contribution is 2.47. The highest BCUT2D eigenvalue weighted by molar-refractivity contribution is 9.09. The van der Waals surface area contributed by atoms with Crippen LogP contribution in [0.1, 0.15) is 12.8 Å². The zero-order chi connectivity index (χ0) is 19.5. The number of carbonyl (C=O) groups excluding carboxylic acids is 1. The first kappa shape index (κ1) is 20.8. The number of benzene rings is 1. The van der Waals surface area contributed by atoms with E-state index in [4.69, 9.17) is 20.4 Å². The van der Waals surface area contributed by atoms with Crippen molar-refractivity contribution in [1.29, 1.82) is 0 Å². The van der Waals surface area contributed by atoms with Gasteiger partial charge < -0.3 is 13.9 Å². The normalized spacial score (nSPS) is 11.5. The quantitative estimate of drug-likeness (QED) is 0.403. The van der Waals surface area contributed by atoms with E-state index < -0.39 is 14.1 Å². The Morgan fingerprint density at radius 2 is 2.12 bits per heavy atom. The summed E-state index contributed by atoms with van der Waals surface area (Å²) in [6.07, 6.45) is 0.908. The van der Waals surface area contributed by atoms with Gasteiger partial charge in [-0.1, -0.05) is 27.5 Å². The van der Waals surface area contributed by atoms with E-state index in [1.165, 1.54) is 12.1 Å². The van der Waals surface area contributed by atoms with E-state index in [0.29, 0.717) is 11.8 Å². The first-order valence-corrected chi connectivity index (χ1v) is 12.9. The number of rotatable bonds is 7.